The predicted octanol–water partition coefficient (Wildman–Crippen LogP) is 3.70. The maximum atomic E-state index is 10.7. The van der Waals surface area contributed by atoms with Gasteiger partial charge in [0.25, 0.3) is 0 Å². The number of aliphatic hydroxyl groups is 1. The van der Waals surface area contributed by atoms with Crippen LogP contribution in [0.1, 0.15) is 17.4 Å². The summed E-state index contributed by atoms with van der Waals surface area (Å²) in [6.45, 7) is 1.52. The van der Waals surface area contributed by atoms with Crippen LogP contribution in [0.2, 0.25) is 5.02 Å². The standard InChI is InChI=1S/C14H16Br2ClN3O/c1-19(2)6-7-20-13(11(16)8-18-20)14(21)9-4-3-5-10(15)12(9)17/h3-5,8,14,21H,6-7H2,1-2H3. The first-order chi connectivity index (χ1) is 9.91. The first kappa shape index (κ1) is 17.0. The Balaban J connectivity index is 2.36. The molecule has 1 unspecified atom stereocenters. The molecule has 4 nitrogen and oxygen atoms in total. The highest BCUT2D eigenvalue weighted by Crippen LogP contribution is 2.35. The summed E-state index contributed by atoms with van der Waals surface area (Å²) in [7, 11) is 4.00. The monoisotopic (exact) mass is 435 g/mol. The van der Waals surface area contributed by atoms with Gasteiger partial charge >= 0.3 is 0 Å². The minimum atomic E-state index is -0.839. The van der Waals surface area contributed by atoms with Crippen LogP contribution < -0.4 is 0 Å². The Morgan fingerprint density at radius 2 is 2.05 bits per heavy atom. The number of rotatable bonds is 5. The van der Waals surface area contributed by atoms with E-state index in [4.69, 9.17) is 11.6 Å². The normalized spacial score (nSPS) is 12.9. The quantitative estimate of drug-likeness (QED) is 0.776. The molecule has 1 atom stereocenters. The van der Waals surface area contributed by atoms with Crippen LogP contribution in [0.4, 0.5) is 0 Å². The van der Waals surface area contributed by atoms with Gasteiger partial charge in [0.1, 0.15) is 6.10 Å². The minimum Gasteiger partial charge on any atom is -0.382 e. The van der Waals surface area contributed by atoms with Gasteiger partial charge in [0, 0.05) is 16.6 Å². The Hall–Kier alpha value is -0.400. The second kappa shape index (κ2) is 7.24. The van der Waals surface area contributed by atoms with Gasteiger partial charge in [-0.15, -0.1) is 0 Å². The van der Waals surface area contributed by atoms with Crippen LogP contribution in [0.5, 0.6) is 0 Å². The van der Waals surface area contributed by atoms with Gasteiger partial charge in [-0.05, 0) is 52.0 Å². The molecule has 0 spiro atoms. The third kappa shape index (κ3) is 3.87. The van der Waals surface area contributed by atoms with Crippen molar-refractivity contribution in [3.63, 3.8) is 0 Å². The largest absolute Gasteiger partial charge is 0.382 e. The van der Waals surface area contributed by atoms with Crippen molar-refractivity contribution in [1.82, 2.24) is 14.7 Å². The molecule has 0 aliphatic rings. The summed E-state index contributed by atoms with van der Waals surface area (Å²) < 4.78 is 3.33. The van der Waals surface area contributed by atoms with E-state index < -0.39 is 6.10 Å². The molecule has 0 aliphatic heterocycles. The molecule has 1 N–H and O–H groups in total. The van der Waals surface area contributed by atoms with Gasteiger partial charge in [-0.3, -0.25) is 4.68 Å². The average molecular weight is 438 g/mol. The van der Waals surface area contributed by atoms with Crippen molar-refractivity contribution < 1.29 is 5.11 Å². The SMILES string of the molecule is CN(C)CCn1ncc(Br)c1C(O)c1cccc(Br)c1Cl. The number of hydrogen-bond acceptors (Lipinski definition) is 3. The molecule has 2 rings (SSSR count). The molecule has 21 heavy (non-hydrogen) atoms. The summed E-state index contributed by atoms with van der Waals surface area (Å²) in [5.74, 6) is 0. The lowest BCUT2D eigenvalue weighted by molar-refractivity contribution is 0.205. The highest BCUT2D eigenvalue weighted by molar-refractivity contribution is 9.10. The molecule has 0 bridgehead atoms. The number of nitrogens with zero attached hydrogens (tertiary/aromatic N) is 3. The van der Waals surface area contributed by atoms with Crippen molar-refractivity contribution in [3.05, 3.63) is 49.6 Å². The molecule has 0 aliphatic carbocycles. The zero-order chi connectivity index (χ0) is 15.6. The lowest BCUT2D eigenvalue weighted by Crippen LogP contribution is -2.21. The van der Waals surface area contributed by atoms with Crippen molar-refractivity contribution >= 4 is 43.5 Å². The van der Waals surface area contributed by atoms with Gasteiger partial charge < -0.3 is 10.0 Å². The Kier molecular flexibility index (Phi) is 5.85. The van der Waals surface area contributed by atoms with Crippen LogP contribution in [0, 0.1) is 0 Å². The van der Waals surface area contributed by atoms with Crippen LogP contribution in [0.15, 0.2) is 33.3 Å². The van der Waals surface area contributed by atoms with Crippen LogP contribution >= 0.6 is 43.5 Å². The van der Waals surface area contributed by atoms with Gasteiger partial charge in [-0.1, -0.05) is 23.7 Å². The summed E-state index contributed by atoms with van der Waals surface area (Å²) in [5, 5.41) is 15.5. The molecule has 1 aromatic heterocycles. The number of hydrogen-bond donors (Lipinski definition) is 1. The molecule has 114 valence electrons. The maximum Gasteiger partial charge on any atom is 0.123 e. The fourth-order valence-electron chi connectivity index (χ4n) is 2.00. The van der Waals surface area contributed by atoms with E-state index in [1.54, 1.807) is 10.9 Å². The maximum absolute atomic E-state index is 10.7. The van der Waals surface area contributed by atoms with E-state index >= 15 is 0 Å². The fourth-order valence-corrected chi connectivity index (χ4v) is 3.12. The zero-order valence-corrected chi connectivity index (χ0v) is 15.7. The smallest absolute Gasteiger partial charge is 0.123 e. The van der Waals surface area contributed by atoms with E-state index in [-0.39, 0.29) is 0 Å². The average Bonchev–Trinajstić information content (AvgIpc) is 2.80. The minimum absolute atomic E-state index is 0.511. The molecule has 1 aromatic carbocycles. The topological polar surface area (TPSA) is 41.3 Å². The van der Waals surface area contributed by atoms with Crippen molar-refractivity contribution in [3.8, 4) is 0 Å². The van der Waals surface area contributed by atoms with Crippen LogP contribution in [-0.2, 0) is 6.54 Å². The van der Waals surface area contributed by atoms with E-state index in [2.05, 4.69) is 41.9 Å². The van der Waals surface area contributed by atoms with Gasteiger partial charge in [-0.25, -0.2) is 0 Å². The number of benzene rings is 1. The Morgan fingerprint density at radius 1 is 1.33 bits per heavy atom. The van der Waals surface area contributed by atoms with Gasteiger partial charge in [0.2, 0.25) is 0 Å². The fraction of sp³-hybridized carbons (Fsp3) is 0.357. The van der Waals surface area contributed by atoms with E-state index in [0.29, 0.717) is 22.8 Å². The molecule has 0 amide bonds. The Morgan fingerprint density at radius 3 is 2.71 bits per heavy atom. The van der Waals surface area contributed by atoms with Crippen LogP contribution in [0.3, 0.4) is 0 Å². The highest BCUT2D eigenvalue weighted by Gasteiger charge is 2.22. The first-order valence-electron chi connectivity index (χ1n) is 6.39. The third-order valence-electron chi connectivity index (χ3n) is 3.13. The van der Waals surface area contributed by atoms with Crippen molar-refractivity contribution in [2.45, 2.75) is 12.6 Å². The number of halogens is 3. The van der Waals surface area contributed by atoms with E-state index in [0.717, 1.165) is 15.5 Å². The van der Waals surface area contributed by atoms with Crippen LogP contribution in [0.25, 0.3) is 0 Å². The molecular weight excluding hydrogens is 421 g/mol. The first-order valence-corrected chi connectivity index (χ1v) is 8.36. The zero-order valence-electron chi connectivity index (χ0n) is 11.7. The summed E-state index contributed by atoms with van der Waals surface area (Å²) >= 11 is 13.1. The molecule has 1 heterocycles. The van der Waals surface area contributed by atoms with Gasteiger partial charge in [0.05, 0.1) is 27.9 Å². The number of likely N-dealkylation sites (N-methyl/N-ethyl adjacent to an activating group) is 1. The van der Waals surface area contributed by atoms with E-state index in [9.17, 15) is 5.11 Å². The van der Waals surface area contributed by atoms with E-state index in [1.807, 2.05) is 32.3 Å². The van der Waals surface area contributed by atoms with Crippen molar-refractivity contribution in [1.29, 1.82) is 0 Å². The Labute approximate surface area is 146 Å². The molecular formula is C14H16Br2ClN3O. The summed E-state index contributed by atoms with van der Waals surface area (Å²) in [6.07, 6.45) is 0.856. The number of aromatic nitrogens is 2. The predicted molar refractivity (Wildman–Crippen MR) is 91.7 cm³/mol. The van der Waals surface area contributed by atoms with Crippen LogP contribution in [-0.4, -0.2) is 40.4 Å². The number of aliphatic hydroxyl groups excluding tert-OH is 1. The summed E-state index contributed by atoms with van der Waals surface area (Å²) in [5.41, 5.74) is 1.36. The Bertz CT molecular complexity index is 631. The second-order valence-electron chi connectivity index (χ2n) is 4.95. The lowest BCUT2D eigenvalue weighted by atomic mass is 10.1. The molecule has 0 radical (unpaired) electrons. The van der Waals surface area contributed by atoms with E-state index in [1.165, 1.54) is 0 Å². The van der Waals surface area contributed by atoms with Crippen molar-refractivity contribution in [2.24, 2.45) is 0 Å². The van der Waals surface area contributed by atoms with Gasteiger partial charge in [0.15, 0.2) is 0 Å². The summed E-state index contributed by atoms with van der Waals surface area (Å²) in [4.78, 5) is 2.07. The molecule has 2 aromatic rings. The second-order valence-corrected chi connectivity index (χ2v) is 7.04. The highest BCUT2D eigenvalue weighted by atomic mass is 79.9. The molecule has 0 saturated heterocycles. The third-order valence-corrected chi connectivity index (χ3v) is 5.05. The molecule has 0 fully saturated rings. The summed E-state index contributed by atoms with van der Waals surface area (Å²) in [6, 6.07) is 5.51. The molecule has 7 heteroatoms. The lowest BCUT2D eigenvalue weighted by Gasteiger charge is -2.17. The van der Waals surface area contributed by atoms with Gasteiger partial charge in [-0.2, -0.15) is 5.10 Å². The van der Waals surface area contributed by atoms with Crippen molar-refractivity contribution in [2.75, 3.05) is 20.6 Å². The molecule has 0 saturated carbocycles.